The van der Waals surface area contributed by atoms with Crippen molar-refractivity contribution in [3.05, 3.63) is 59.7 Å². The Labute approximate surface area is 130 Å². The highest BCUT2D eigenvalue weighted by molar-refractivity contribution is 7.83. The molecule has 6 heteroatoms. The maximum Gasteiger partial charge on any atom is 0.387 e. The molecule has 118 valence electrons. The predicted molar refractivity (Wildman–Crippen MR) is 84.6 cm³/mol. The Bertz CT molecular complexity index is 650. The van der Waals surface area contributed by atoms with Crippen LogP contribution in [0.4, 0.5) is 14.5 Å². The Hall–Kier alpha value is -1.95. The zero-order valence-electron chi connectivity index (χ0n) is 12.1. The van der Waals surface area contributed by atoms with Crippen LogP contribution in [0.15, 0.2) is 48.5 Å². The van der Waals surface area contributed by atoms with E-state index in [1.807, 2.05) is 24.3 Å². The van der Waals surface area contributed by atoms with Gasteiger partial charge in [-0.2, -0.15) is 8.78 Å². The summed E-state index contributed by atoms with van der Waals surface area (Å²) >= 11 is 0. The fraction of sp³-hybridized carbons (Fsp3) is 0.250. The van der Waals surface area contributed by atoms with Crippen LogP contribution in [-0.2, 0) is 23.1 Å². The summed E-state index contributed by atoms with van der Waals surface area (Å²) in [5.74, 6) is 0.649. The third-order valence-corrected chi connectivity index (χ3v) is 3.71. The summed E-state index contributed by atoms with van der Waals surface area (Å²) in [4.78, 5) is 0. The van der Waals surface area contributed by atoms with Crippen LogP contribution in [0.5, 0.6) is 5.75 Å². The molecule has 0 saturated heterocycles. The summed E-state index contributed by atoms with van der Waals surface area (Å²) in [6, 6.07) is 14.2. The number of ether oxygens (including phenoxy) is 1. The van der Waals surface area contributed by atoms with Crippen LogP contribution in [0, 0.1) is 0 Å². The topological polar surface area (TPSA) is 38.3 Å². The number of hydrogen-bond donors (Lipinski definition) is 1. The van der Waals surface area contributed by atoms with E-state index in [2.05, 4.69) is 10.1 Å². The Morgan fingerprint density at radius 3 is 2.68 bits per heavy atom. The minimum absolute atomic E-state index is 0.163. The average molecular weight is 325 g/mol. The van der Waals surface area contributed by atoms with Gasteiger partial charge in [0.1, 0.15) is 5.75 Å². The molecule has 0 saturated carbocycles. The summed E-state index contributed by atoms with van der Waals surface area (Å²) in [5, 5.41) is 3.16. The highest BCUT2D eigenvalue weighted by atomic mass is 32.2. The van der Waals surface area contributed by atoms with Crippen LogP contribution in [0.3, 0.4) is 0 Å². The summed E-state index contributed by atoms with van der Waals surface area (Å²) in [5.41, 5.74) is 2.45. The smallest absolute Gasteiger partial charge is 0.387 e. The molecule has 3 nitrogen and oxygen atoms in total. The summed E-state index contributed by atoms with van der Waals surface area (Å²) in [6.07, 6.45) is 1.65. The molecule has 1 N–H and O–H groups in total. The zero-order valence-corrected chi connectivity index (χ0v) is 12.9. The number of anilines is 1. The largest absolute Gasteiger partial charge is 0.434 e. The first-order chi connectivity index (χ1) is 10.5. The third kappa shape index (κ3) is 5.11. The van der Waals surface area contributed by atoms with Crippen molar-refractivity contribution in [2.75, 3.05) is 11.6 Å². The molecule has 0 unspecified atom stereocenters. The van der Waals surface area contributed by atoms with Crippen LogP contribution < -0.4 is 10.1 Å². The molecule has 2 aromatic carbocycles. The molecule has 0 aliphatic carbocycles. The number of para-hydroxylation sites is 1. The highest BCUT2D eigenvalue weighted by Crippen LogP contribution is 2.22. The molecule has 0 radical (unpaired) electrons. The molecule has 0 fully saturated rings. The van der Waals surface area contributed by atoms with E-state index < -0.39 is 17.4 Å². The van der Waals surface area contributed by atoms with E-state index in [1.54, 1.807) is 24.5 Å². The number of benzene rings is 2. The maximum absolute atomic E-state index is 12.4. The monoisotopic (exact) mass is 325 g/mol. The molecular formula is C16H17F2NO2S. The van der Waals surface area contributed by atoms with Gasteiger partial charge in [-0.3, -0.25) is 4.21 Å². The quantitative estimate of drug-likeness (QED) is 0.842. The van der Waals surface area contributed by atoms with E-state index in [0.717, 1.165) is 11.3 Å². The third-order valence-electron chi connectivity index (χ3n) is 2.97. The lowest BCUT2D eigenvalue weighted by Crippen LogP contribution is -2.07. The molecule has 0 amide bonds. The number of halogens is 2. The van der Waals surface area contributed by atoms with Crippen molar-refractivity contribution in [3.8, 4) is 5.75 Å². The van der Waals surface area contributed by atoms with Gasteiger partial charge in [-0.05, 0) is 23.8 Å². The number of rotatable bonds is 7. The van der Waals surface area contributed by atoms with E-state index in [4.69, 9.17) is 0 Å². The fourth-order valence-corrected chi connectivity index (χ4v) is 2.71. The van der Waals surface area contributed by atoms with Gasteiger partial charge in [0, 0.05) is 40.6 Å². The van der Waals surface area contributed by atoms with Gasteiger partial charge in [0.05, 0.1) is 0 Å². The summed E-state index contributed by atoms with van der Waals surface area (Å²) in [6.45, 7) is -2.48. The molecule has 1 atom stereocenters. The van der Waals surface area contributed by atoms with Crippen LogP contribution >= 0.6 is 0 Å². The predicted octanol–water partition coefficient (Wildman–Crippen LogP) is 3.78. The molecular weight excluding hydrogens is 308 g/mol. The lowest BCUT2D eigenvalue weighted by Gasteiger charge is -2.12. The molecule has 0 spiro atoms. The molecule has 2 rings (SSSR count). The number of alkyl halides is 2. The minimum atomic E-state index is -2.84. The Morgan fingerprint density at radius 1 is 1.18 bits per heavy atom. The molecule has 0 heterocycles. The Balaban J connectivity index is 2.05. The Morgan fingerprint density at radius 2 is 1.95 bits per heavy atom. The van der Waals surface area contributed by atoms with Crippen molar-refractivity contribution >= 4 is 16.5 Å². The van der Waals surface area contributed by atoms with Gasteiger partial charge in [0.2, 0.25) is 0 Å². The highest BCUT2D eigenvalue weighted by Gasteiger charge is 2.08. The van der Waals surface area contributed by atoms with Crippen LogP contribution in [0.2, 0.25) is 0 Å². The van der Waals surface area contributed by atoms with Gasteiger partial charge in [-0.1, -0.05) is 30.3 Å². The number of hydrogen-bond acceptors (Lipinski definition) is 3. The maximum atomic E-state index is 12.4. The normalized spacial score (nSPS) is 12.2. The first-order valence-electron chi connectivity index (χ1n) is 6.70. The second kappa shape index (κ2) is 7.89. The summed E-state index contributed by atoms with van der Waals surface area (Å²) < 4.78 is 40.5. The van der Waals surface area contributed by atoms with Crippen molar-refractivity contribution in [1.29, 1.82) is 0 Å². The van der Waals surface area contributed by atoms with E-state index >= 15 is 0 Å². The van der Waals surface area contributed by atoms with Crippen LogP contribution in [-0.4, -0.2) is 17.1 Å². The fourth-order valence-electron chi connectivity index (χ4n) is 2.06. The van der Waals surface area contributed by atoms with Gasteiger partial charge in [-0.15, -0.1) is 0 Å². The van der Waals surface area contributed by atoms with Crippen LogP contribution in [0.25, 0.3) is 0 Å². The first-order valence-corrected chi connectivity index (χ1v) is 8.43. The van der Waals surface area contributed by atoms with Gasteiger partial charge >= 0.3 is 6.61 Å². The zero-order chi connectivity index (χ0) is 15.9. The van der Waals surface area contributed by atoms with Crippen molar-refractivity contribution in [1.82, 2.24) is 0 Å². The Kier molecular flexibility index (Phi) is 5.89. The lowest BCUT2D eigenvalue weighted by atomic mass is 10.2. The van der Waals surface area contributed by atoms with Gasteiger partial charge in [0.15, 0.2) is 0 Å². The number of nitrogens with one attached hydrogen (secondary N) is 1. The SMILES string of the molecule is C[S@](=O)Cc1cccc(NCc2ccccc2OC(F)F)c1. The van der Waals surface area contributed by atoms with Crippen LogP contribution in [0.1, 0.15) is 11.1 Å². The molecule has 0 aromatic heterocycles. The molecule has 22 heavy (non-hydrogen) atoms. The van der Waals surface area contributed by atoms with E-state index in [0.29, 0.717) is 17.9 Å². The molecule has 0 aliphatic rings. The van der Waals surface area contributed by atoms with Crippen molar-refractivity contribution < 1.29 is 17.7 Å². The van der Waals surface area contributed by atoms with Crippen molar-refractivity contribution in [2.24, 2.45) is 0 Å². The van der Waals surface area contributed by atoms with Gasteiger partial charge in [-0.25, -0.2) is 0 Å². The van der Waals surface area contributed by atoms with E-state index in [9.17, 15) is 13.0 Å². The molecule has 2 aromatic rings. The van der Waals surface area contributed by atoms with E-state index in [-0.39, 0.29) is 5.75 Å². The second-order valence-corrected chi connectivity index (χ2v) is 6.19. The van der Waals surface area contributed by atoms with Gasteiger partial charge in [0.25, 0.3) is 0 Å². The minimum Gasteiger partial charge on any atom is -0.434 e. The average Bonchev–Trinajstić information content (AvgIpc) is 2.45. The summed E-state index contributed by atoms with van der Waals surface area (Å²) in [7, 11) is -0.906. The van der Waals surface area contributed by atoms with Crippen molar-refractivity contribution in [3.63, 3.8) is 0 Å². The second-order valence-electron chi connectivity index (χ2n) is 4.76. The first kappa shape index (κ1) is 16.4. The molecule has 0 aliphatic heterocycles. The van der Waals surface area contributed by atoms with Crippen molar-refractivity contribution in [2.45, 2.75) is 18.9 Å². The van der Waals surface area contributed by atoms with Gasteiger partial charge < -0.3 is 10.1 Å². The lowest BCUT2D eigenvalue weighted by molar-refractivity contribution is -0.0504. The molecule has 0 bridgehead atoms. The van der Waals surface area contributed by atoms with E-state index in [1.165, 1.54) is 6.07 Å². The standard InChI is InChI=1S/C16H17F2NO2S/c1-22(20)11-12-5-4-7-14(9-12)19-10-13-6-2-3-8-15(13)21-16(17)18/h2-9,16,19H,10-11H2,1H3/t22-/m0/s1.